The topological polar surface area (TPSA) is 207 Å². The Morgan fingerprint density at radius 2 is 0.932 bits per heavy atom. The number of hydrogen-bond donors (Lipinski definition) is 2. The van der Waals surface area contributed by atoms with Crippen LogP contribution in [0.5, 0.6) is 11.5 Å². The first kappa shape index (κ1) is 64.5. The van der Waals surface area contributed by atoms with Crippen molar-refractivity contribution < 1.29 is 65.2 Å². The lowest BCUT2D eigenvalue weighted by atomic mass is 10.0. The number of piperazine rings is 2. The molecule has 468 valence electrons. The van der Waals surface area contributed by atoms with Gasteiger partial charge in [0.15, 0.2) is 22.7 Å². The van der Waals surface area contributed by atoms with Crippen molar-refractivity contribution >= 4 is 57.6 Å². The second-order valence-electron chi connectivity index (χ2n) is 21.8. The molecule has 2 fully saturated rings. The van der Waals surface area contributed by atoms with E-state index in [2.05, 4.69) is 20.2 Å². The zero-order chi connectivity index (χ0) is 63.8. The van der Waals surface area contributed by atoms with Crippen LogP contribution in [0.25, 0.3) is 33.8 Å². The molecule has 10 rings (SSSR count). The minimum atomic E-state index is -4.75. The third-order valence-electron chi connectivity index (χ3n) is 15.7. The van der Waals surface area contributed by atoms with Crippen molar-refractivity contribution in [2.75, 3.05) is 94.9 Å². The number of aliphatic hydroxyl groups excluding tert-OH is 2. The highest BCUT2D eigenvalue weighted by molar-refractivity contribution is 7.14. The summed E-state index contributed by atoms with van der Waals surface area (Å²) in [5.41, 5.74) is -1.59. The second kappa shape index (κ2) is 26.0. The molecule has 20 nitrogen and oxygen atoms in total. The number of aliphatic hydroxyl groups is 2. The lowest BCUT2D eigenvalue weighted by Crippen LogP contribution is -2.55. The van der Waals surface area contributed by atoms with Gasteiger partial charge >= 0.3 is 12.4 Å². The summed E-state index contributed by atoms with van der Waals surface area (Å²) in [6.07, 6.45) is -7.23. The van der Waals surface area contributed by atoms with Crippen molar-refractivity contribution in [3.8, 4) is 34.0 Å². The van der Waals surface area contributed by atoms with Gasteiger partial charge in [-0.15, -0.1) is 22.7 Å². The molecule has 0 bridgehead atoms. The predicted octanol–water partition coefficient (Wildman–Crippen LogP) is 8.75. The maximum atomic E-state index is 14.3. The Labute approximate surface area is 510 Å². The monoisotopic (exact) mass is 1260 g/mol. The van der Waals surface area contributed by atoms with E-state index in [1.54, 1.807) is 98.7 Å². The minimum absolute atomic E-state index is 0.0330. The largest absolute Gasteiger partial charge is 0.497 e. The average Bonchev–Trinajstić information content (AvgIpc) is 1.52. The Bertz CT molecular complexity index is 3620. The standard InChI is InChI=1S/2C30H33F3N6O4S/c2*1-17-15-37(22(16-40)23-10-11-24(44-23)29(42)36(3)4)12-13-38(17)28(41)21-14-34-39-26(30(31,32)33)18(2)25(35-27(21)39)19-6-8-20(43-5)9-7-19/h2*6-11,14,17,22,40H,12-13,15-16H2,1-5H3/t17-,22+;17-,22-/m11/s1. The summed E-state index contributed by atoms with van der Waals surface area (Å²) in [6.45, 7) is 8.18. The first-order valence-electron chi connectivity index (χ1n) is 27.8. The molecule has 4 amide bonds. The fourth-order valence-electron chi connectivity index (χ4n) is 11.1. The number of carbonyl (C=O) groups excluding carboxylic acids is 4. The average molecular weight is 1260 g/mol. The van der Waals surface area contributed by atoms with Crippen molar-refractivity contribution in [3.63, 3.8) is 0 Å². The van der Waals surface area contributed by atoms with Gasteiger partial charge in [0.05, 0.1) is 73.1 Å². The molecular weight excluding hydrogens is 1190 g/mol. The lowest BCUT2D eigenvalue weighted by Gasteiger charge is -2.42. The molecule has 8 heterocycles. The molecule has 0 radical (unpaired) electrons. The number of hydrogen-bond acceptors (Lipinski definition) is 16. The van der Waals surface area contributed by atoms with Gasteiger partial charge in [-0.1, -0.05) is 0 Å². The third kappa shape index (κ3) is 12.8. The van der Waals surface area contributed by atoms with Gasteiger partial charge in [0, 0.05) is 112 Å². The van der Waals surface area contributed by atoms with Crippen LogP contribution in [0.1, 0.15) is 98.3 Å². The lowest BCUT2D eigenvalue weighted by molar-refractivity contribution is -0.144. The molecule has 2 aromatic carbocycles. The van der Waals surface area contributed by atoms with Crippen LogP contribution < -0.4 is 9.47 Å². The number of halogens is 6. The van der Waals surface area contributed by atoms with E-state index in [-0.39, 0.29) is 107 Å². The van der Waals surface area contributed by atoms with E-state index in [1.807, 2.05) is 35.8 Å². The van der Waals surface area contributed by atoms with Crippen molar-refractivity contribution in [1.29, 1.82) is 0 Å². The normalized spacial score (nSPS) is 16.8. The van der Waals surface area contributed by atoms with E-state index in [4.69, 9.17) is 9.47 Å². The van der Waals surface area contributed by atoms with Crippen molar-refractivity contribution in [2.24, 2.45) is 0 Å². The summed E-state index contributed by atoms with van der Waals surface area (Å²) >= 11 is 2.64. The molecule has 6 aromatic heterocycles. The molecule has 2 aliphatic rings. The van der Waals surface area contributed by atoms with Crippen LogP contribution >= 0.6 is 22.7 Å². The summed E-state index contributed by atoms with van der Waals surface area (Å²) in [5.74, 6) is -0.116. The summed E-state index contributed by atoms with van der Waals surface area (Å²) < 4.78 is 97.8. The Balaban J connectivity index is 0.000000209. The van der Waals surface area contributed by atoms with Gasteiger partial charge in [-0.2, -0.15) is 36.5 Å². The first-order chi connectivity index (χ1) is 41.7. The third-order valence-corrected chi connectivity index (χ3v) is 18.1. The molecule has 0 aliphatic carbocycles. The minimum Gasteiger partial charge on any atom is -0.497 e. The molecule has 88 heavy (non-hydrogen) atoms. The number of fused-ring (bicyclic) bond motifs is 2. The summed E-state index contributed by atoms with van der Waals surface area (Å²) in [4.78, 5) is 74.6. The van der Waals surface area contributed by atoms with E-state index in [1.165, 1.54) is 60.5 Å². The van der Waals surface area contributed by atoms with Crippen molar-refractivity contribution in [3.05, 3.63) is 138 Å². The van der Waals surface area contributed by atoms with Crippen LogP contribution in [0.4, 0.5) is 26.3 Å². The number of alkyl halides is 6. The Morgan fingerprint density at radius 3 is 1.23 bits per heavy atom. The highest BCUT2D eigenvalue weighted by atomic mass is 32.1. The van der Waals surface area contributed by atoms with Crippen LogP contribution in [-0.2, 0) is 12.4 Å². The molecule has 0 unspecified atom stereocenters. The maximum absolute atomic E-state index is 14.3. The molecule has 2 saturated heterocycles. The van der Waals surface area contributed by atoms with Crippen LogP contribution in [0.15, 0.2) is 85.2 Å². The summed E-state index contributed by atoms with van der Waals surface area (Å²) in [5, 5.41) is 28.4. The molecule has 2 aliphatic heterocycles. The molecule has 2 N–H and O–H groups in total. The fraction of sp³-hybridized carbons (Fsp3) is 0.400. The quantitative estimate of drug-likeness (QED) is 0.0977. The zero-order valence-corrected chi connectivity index (χ0v) is 51.5. The number of ether oxygens (including phenoxy) is 2. The summed E-state index contributed by atoms with van der Waals surface area (Å²) in [7, 11) is 9.68. The van der Waals surface area contributed by atoms with Gasteiger partial charge in [0.25, 0.3) is 23.6 Å². The van der Waals surface area contributed by atoms with Gasteiger partial charge in [-0.3, -0.25) is 29.0 Å². The Kier molecular flexibility index (Phi) is 19.0. The first-order valence-corrected chi connectivity index (χ1v) is 29.5. The molecule has 28 heteroatoms. The number of methoxy groups -OCH3 is 2. The zero-order valence-electron chi connectivity index (χ0n) is 49.8. The van der Waals surface area contributed by atoms with Crippen LogP contribution in [0, 0.1) is 13.8 Å². The number of thiophene rings is 2. The van der Waals surface area contributed by atoms with Crippen molar-refractivity contribution in [1.82, 2.24) is 58.6 Å². The van der Waals surface area contributed by atoms with Crippen molar-refractivity contribution in [2.45, 2.75) is 64.2 Å². The Hall–Kier alpha value is -8.02. The maximum Gasteiger partial charge on any atom is 0.433 e. The number of rotatable bonds is 14. The van der Waals surface area contributed by atoms with E-state index < -0.39 is 35.6 Å². The summed E-state index contributed by atoms with van der Waals surface area (Å²) in [6, 6.07) is 18.7. The van der Waals surface area contributed by atoms with Gasteiger partial charge in [0.2, 0.25) is 0 Å². The van der Waals surface area contributed by atoms with E-state index in [0.29, 0.717) is 67.6 Å². The molecule has 0 spiro atoms. The smallest absolute Gasteiger partial charge is 0.433 e. The second-order valence-corrected chi connectivity index (χ2v) is 24.0. The SMILES string of the molecule is COc1ccc(-c2nc3c(C(=O)N4CCN([C@@H](CO)c5ccc(C(=O)N(C)C)s5)C[C@H]4C)cnn3c(C(F)(F)F)c2C)cc1.COc1ccc(-c2nc3c(C(=O)N4CCN([C@H](CO)c5ccc(C(=O)N(C)C)s5)C[C@H]4C)cnn3c(C(F)(F)F)c2C)cc1. The number of nitrogens with zero attached hydrogens (tertiary/aromatic N) is 12. The highest BCUT2D eigenvalue weighted by Gasteiger charge is 2.42. The molecular formula is C60H66F6N12O8S2. The number of benzene rings is 2. The van der Waals surface area contributed by atoms with Gasteiger partial charge in [-0.25, -0.2) is 19.0 Å². The molecule has 0 saturated carbocycles. The van der Waals surface area contributed by atoms with E-state index in [9.17, 15) is 55.7 Å². The van der Waals surface area contributed by atoms with Gasteiger partial charge in [0.1, 0.15) is 22.6 Å². The van der Waals surface area contributed by atoms with Gasteiger partial charge < -0.3 is 39.3 Å². The number of amides is 4. The fourth-order valence-corrected chi connectivity index (χ4v) is 13.4. The Morgan fingerprint density at radius 1 is 0.580 bits per heavy atom. The van der Waals surface area contributed by atoms with Gasteiger partial charge in [-0.05, 0) is 100 Å². The molecule has 4 atom stereocenters. The van der Waals surface area contributed by atoms with E-state index >= 15 is 0 Å². The number of carbonyl (C=O) groups is 4. The van der Waals surface area contributed by atoms with Crippen LogP contribution in [0.3, 0.4) is 0 Å². The highest BCUT2D eigenvalue weighted by Crippen LogP contribution is 2.40. The van der Waals surface area contributed by atoms with E-state index in [0.717, 1.165) is 22.1 Å². The van der Waals surface area contributed by atoms with Crippen LogP contribution in [0.2, 0.25) is 0 Å². The molecule has 8 aromatic rings. The van der Waals surface area contributed by atoms with Crippen LogP contribution in [-0.4, -0.2) is 199 Å². The predicted molar refractivity (Wildman–Crippen MR) is 318 cm³/mol. The number of aromatic nitrogens is 6.